The molecule has 138 valence electrons. The summed E-state index contributed by atoms with van der Waals surface area (Å²) < 4.78 is 40.7. The van der Waals surface area contributed by atoms with Gasteiger partial charge in [-0.1, -0.05) is 17.7 Å². The summed E-state index contributed by atoms with van der Waals surface area (Å²) >= 11 is 6.07. The quantitative estimate of drug-likeness (QED) is 0.854. The van der Waals surface area contributed by atoms with Crippen molar-refractivity contribution >= 4 is 33.2 Å². The highest BCUT2D eigenvalue weighted by Crippen LogP contribution is 2.28. The van der Waals surface area contributed by atoms with Gasteiger partial charge in [0.25, 0.3) is 5.91 Å². The van der Waals surface area contributed by atoms with E-state index in [1.165, 1.54) is 34.6 Å². The lowest BCUT2D eigenvalue weighted by Crippen LogP contribution is -2.28. The molecule has 1 N–H and O–H groups in total. The van der Waals surface area contributed by atoms with Crippen molar-refractivity contribution in [3.63, 3.8) is 0 Å². The summed E-state index contributed by atoms with van der Waals surface area (Å²) in [6.45, 7) is 2.61. The van der Waals surface area contributed by atoms with Crippen LogP contribution in [0.5, 0.6) is 0 Å². The minimum absolute atomic E-state index is 0.0273. The third kappa shape index (κ3) is 3.75. The van der Waals surface area contributed by atoms with Crippen LogP contribution in [0.2, 0.25) is 5.02 Å². The summed E-state index contributed by atoms with van der Waals surface area (Å²) in [5.74, 6) is -1.17. The number of halogens is 2. The molecule has 26 heavy (non-hydrogen) atoms. The Kier molecular flexibility index (Phi) is 5.32. The fourth-order valence-electron chi connectivity index (χ4n) is 2.83. The van der Waals surface area contributed by atoms with Crippen LogP contribution in [0.3, 0.4) is 0 Å². The van der Waals surface area contributed by atoms with Gasteiger partial charge in [-0.05, 0) is 55.7 Å². The summed E-state index contributed by atoms with van der Waals surface area (Å²) in [5.41, 5.74) is 0.845. The topological polar surface area (TPSA) is 66.5 Å². The lowest BCUT2D eigenvalue weighted by molar-refractivity contribution is 0.102. The molecule has 1 saturated heterocycles. The molecule has 0 atom stereocenters. The average molecular weight is 397 g/mol. The monoisotopic (exact) mass is 396 g/mol. The van der Waals surface area contributed by atoms with Crippen LogP contribution in [0.4, 0.5) is 10.1 Å². The van der Waals surface area contributed by atoms with Gasteiger partial charge in [-0.25, -0.2) is 12.8 Å². The maximum absolute atomic E-state index is 13.9. The summed E-state index contributed by atoms with van der Waals surface area (Å²) in [5, 5.41) is 2.51. The summed E-state index contributed by atoms with van der Waals surface area (Å²) in [7, 11) is -3.76. The molecule has 1 aliphatic rings. The maximum Gasteiger partial charge on any atom is 0.255 e. The first kappa shape index (κ1) is 18.8. The van der Waals surface area contributed by atoms with E-state index in [-0.39, 0.29) is 21.2 Å². The van der Waals surface area contributed by atoms with Crippen LogP contribution in [0, 0.1) is 12.7 Å². The molecular weight excluding hydrogens is 379 g/mol. The third-order valence-corrected chi connectivity index (χ3v) is 6.63. The second-order valence-corrected chi connectivity index (χ2v) is 8.51. The number of carbonyl (C=O) groups excluding carboxylic acids is 1. The highest BCUT2D eigenvalue weighted by Gasteiger charge is 2.29. The number of hydrogen-bond acceptors (Lipinski definition) is 3. The molecule has 2 aromatic rings. The molecule has 8 heteroatoms. The van der Waals surface area contributed by atoms with Crippen molar-refractivity contribution in [2.24, 2.45) is 0 Å². The normalized spacial score (nSPS) is 15.2. The fourth-order valence-corrected chi connectivity index (χ4v) is 4.84. The number of rotatable bonds is 4. The number of benzene rings is 2. The Balaban J connectivity index is 1.90. The van der Waals surface area contributed by atoms with Gasteiger partial charge in [-0.15, -0.1) is 0 Å². The first-order valence-corrected chi connectivity index (χ1v) is 9.98. The van der Waals surface area contributed by atoms with E-state index in [4.69, 9.17) is 11.6 Å². The standard InChI is InChI=1S/C18H18ClFN2O3S/c1-12-4-7-16(15(20)10-12)21-18(23)13-5-6-14(19)17(11-13)26(24,25)22-8-2-3-9-22/h4-7,10-11H,2-3,8-9H2,1H3,(H,21,23). The van der Waals surface area contributed by atoms with Gasteiger partial charge >= 0.3 is 0 Å². The zero-order chi connectivity index (χ0) is 18.9. The molecule has 1 amide bonds. The van der Waals surface area contributed by atoms with E-state index in [0.29, 0.717) is 13.1 Å². The molecule has 0 saturated carbocycles. The molecule has 5 nitrogen and oxygen atoms in total. The van der Waals surface area contributed by atoms with E-state index in [9.17, 15) is 17.6 Å². The minimum atomic E-state index is -3.76. The fraction of sp³-hybridized carbons (Fsp3) is 0.278. The Morgan fingerprint density at radius 2 is 1.85 bits per heavy atom. The lowest BCUT2D eigenvalue weighted by atomic mass is 10.2. The Hall–Kier alpha value is -1.96. The SMILES string of the molecule is Cc1ccc(NC(=O)c2ccc(Cl)c(S(=O)(=O)N3CCCC3)c2)c(F)c1. The van der Waals surface area contributed by atoms with Crippen molar-refractivity contribution < 1.29 is 17.6 Å². The lowest BCUT2D eigenvalue weighted by Gasteiger charge is -2.17. The molecule has 3 rings (SSSR count). The molecular formula is C18H18ClFN2O3S. The van der Waals surface area contributed by atoms with Gasteiger partial charge in [0.05, 0.1) is 10.7 Å². The number of sulfonamides is 1. The number of anilines is 1. The van der Waals surface area contributed by atoms with Crippen molar-refractivity contribution in [2.45, 2.75) is 24.7 Å². The number of nitrogens with one attached hydrogen (secondary N) is 1. The highest BCUT2D eigenvalue weighted by molar-refractivity contribution is 7.89. The van der Waals surface area contributed by atoms with Gasteiger partial charge in [-0.3, -0.25) is 4.79 Å². The largest absolute Gasteiger partial charge is 0.319 e. The van der Waals surface area contributed by atoms with E-state index in [1.54, 1.807) is 13.0 Å². The van der Waals surface area contributed by atoms with Crippen LogP contribution in [0.25, 0.3) is 0 Å². The molecule has 0 spiro atoms. The summed E-state index contributed by atoms with van der Waals surface area (Å²) in [4.78, 5) is 12.3. The molecule has 0 aliphatic carbocycles. The van der Waals surface area contributed by atoms with Gasteiger partial charge < -0.3 is 5.32 Å². The van der Waals surface area contributed by atoms with E-state index in [1.807, 2.05) is 0 Å². The molecule has 0 unspecified atom stereocenters. The first-order valence-electron chi connectivity index (χ1n) is 8.16. The van der Waals surface area contributed by atoms with Gasteiger partial charge in [-0.2, -0.15) is 4.31 Å². The Morgan fingerprint density at radius 1 is 1.15 bits per heavy atom. The minimum Gasteiger partial charge on any atom is -0.319 e. The number of aryl methyl sites for hydroxylation is 1. The molecule has 0 radical (unpaired) electrons. The van der Waals surface area contributed by atoms with Gasteiger partial charge in [0.2, 0.25) is 10.0 Å². The van der Waals surface area contributed by atoms with E-state index in [0.717, 1.165) is 18.4 Å². The third-order valence-electron chi connectivity index (χ3n) is 4.25. The van der Waals surface area contributed by atoms with Crippen molar-refractivity contribution in [2.75, 3.05) is 18.4 Å². The van der Waals surface area contributed by atoms with Crippen LogP contribution >= 0.6 is 11.6 Å². The van der Waals surface area contributed by atoms with Gasteiger partial charge in [0.1, 0.15) is 10.7 Å². The zero-order valence-electron chi connectivity index (χ0n) is 14.1. The molecule has 1 aliphatic heterocycles. The zero-order valence-corrected chi connectivity index (χ0v) is 15.7. The van der Waals surface area contributed by atoms with Crippen LogP contribution < -0.4 is 5.32 Å². The number of hydrogen-bond donors (Lipinski definition) is 1. The van der Waals surface area contributed by atoms with Crippen LogP contribution in [0.15, 0.2) is 41.3 Å². The molecule has 1 heterocycles. The van der Waals surface area contributed by atoms with E-state index in [2.05, 4.69) is 5.32 Å². The van der Waals surface area contributed by atoms with E-state index < -0.39 is 21.7 Å². The molecule has 0 bridgehead atoms. The molecule has 1 fully saturated rings. The molecule has 2 aromatic carbocycles. The van der Waals surface area contributed by atoms with Gasteiger partial charge in [0.15, 0.2) is 0 Å². The Morgan fingerprint density at radius 3 is 2.50 bits per heavy atom. The second kappa shape index (κ2) is 7.34. The summed E-state index contributed by atoms with van der Waals surface area (Å²) in [6, 6.07) is 8.44. The van der Waals surface area contributed by atoms with Crippen molar-refractivity contribution in [1.82, 2.24) is 4.31 Å². The molecule has 0 aromatic heterocycles. The smallest absolute Gasteiger partial charge is 0.255 e. The van der Waals surface area contributed by atoms with Crippen LogP contribution in [-0.4, -0.2) is 31.7 Å². The van der Waals surface area contributed by atoms with Gasteiger partial charge in [0, 0.05) is 18.7 Å². The van der Waals surface area contributed by atoms with Crippen molar-refractivity contribution in [1.29, 1.82) is 0 Å². The highest BCUT2D eigenvalue weighted by atomic mass is 35.5. The second-order valence-electron chi connectivity index (χ2n) is 6.19. The Labute approximate surface area is 156 Å². The predicted octanol–water partition coefficient (Wildman–Crippen LogP) is 3.82. The first-order chi connectivity index (χ1) is 12.3. The van der Waals surface area contributed by atoms with Crippen LogP contribution in [0.1, 0.15) is 28.8 Å². The maximum atomic E-state index is 13.9. The average Bonchev–Trinajstić information content (AvgIpc) is 3.13. The summed E-state index contributed by atoms with van der Waals surface area (Å²) in [6.07, 6.45) is 1.59. The van der Waals surface area contributed by atoms with Crippen molar-refractivity contribution in [3.05, 3.63) is 58.4 Å². The van der Waals surface area contributed by atoms with Crippen LogP contribution in [-0.2, 0) is 10.0 Å². The van der Waals surface area contributed by atoms with E-state index >= 15 is 0 Å². The Bertz CT molecular complexity index is 957. The predicted molar refractivity (Wildman–Crippen MR) is 98.5 cm³/mol. The number of nitrogens with zero attached hydrogens (tertiary/aromatic N) is 1. The number of amides is 1. The number of carbonyl (C=O) groups is 1. The van der Waals surface area contributed by atoms with Crippen molar-refractivity contribution in [3.8, 4) is 0 Å².